The number of nitrogens with one attached hydrogen (secondary N) is 2. The van der Waals surface area contributed by atoms with Gasteiger partial charge in [0.25, 0.3) is 0 Å². The second kappa shape index (κ2) is 6.82. The summed E-state index contributed by atoms with van der Waals surface area (Å²) in [5.74, 6) is -0.866. The van der Waals surface area contributed by atoms with Crippen LogP contribution in [0.3, 0.4) is 0 Å². The van der Waals surface area contributed by atoms with Crippen LogP contribution in [0.15, 0.2) is 42.5 Å². The molecule has 2 aromatic rings. The lowest BCUT2D eigenvalue weighted by molar-refractivity contribution is -0.274. The van der Waals surface area contributed by atoms with Crippen LogP contribution in [0.25, 0.3) is 0 Å². The molecule has 2 N–H and O–H groups in total. The Morgan fingerprint density at radius 1 is 1.09 bits per heavy atom. The normalized spacial score (nSPS) is 11.0. The molecule has 0 aromatic heterocycles. The van der Waals surface area contributed by atoms with E-state index in [-0.39, 0.29) is 22.2 Å². The number of benzene rings is 2. The molecule has 122 valence electrons. The highest BCUT2D eigenvalue weighted by Crippen LogP contribution is 2.25. The maximum atomic E-state index is 13.7. The van der Waals surface area contributed by atoms with Crippen LogP contribution in [-0.4, -0.2) is 11.5 Å². The molecule has 0 heterocycles. The lowest BCUT2D eigenvalue weighted by Gasteiger charge is -2.13. The van der Waals surface area contributed by atoms with Gasteiger partial charge in [-0.25, -0.2) is 4.39 Å². The van der Waals surface area contributed by atoms with E-state index in [9.17, 15) is 17.6 Å². The van der Waals surface area contributed by atoms with Gasteiger partial charge >= 0.3 is 6.36 Å². The second-order valence-electron chi connectivity index (χ2n) is 4.64. The van der Waals surface area contributed by atoms with Crippen LogP contribution in [0.5, 0.6) is 5.75 Å². The van der Waals surface area contributed by atoms with Crippen molar-refractivity contribution in [2.75, 3.05) is 10.6 Å². The van der Waals surface area contributed by atoms with Crippen molar-refractivity contribution in [1.29, 1.82) is 0 Å². The summed E-state index contributed by atoms with van der Waals surface area (Å²) in [5, 5.41) is 5.34. The van der Waals surface area contributed by atoms with Crippen molar-refractivity contribution in [3.8, 4) is 5.75 Å². The van der Waals surface area contributed by atoms with E-state index in [1.165, 1.54) is 24.3 Å². The SMILES string of the molecule is Cc1ccc(NC(=S)Nc2cccc(OC(F)(F)F)c2)c(F)c1. The first-order valence-electron chi connectivity index (χ1n) is 6.43. The van der Waals surface area contributed by atoms with E-state index in [0.29, 0.717) is 0 Å². The average Bonchev–Trinajstić information content (AvgIpc) is 2.40. The Kier molecular flexibility index (Phi) is 5.05. The summed E-state index contributed by atoms with van der Waals surface area (Å²) < 4.78 is 54.0. The van der Waals surface area contributed by atoms with Crippen LogP contribution in [0.1, 0.15) is 5.56 Å². The first-order valence-corrected chi connectivity index (χ1v) is 6.84. The Hall–Kier alpha value is -2.35. The van der Waals surface area contributed by atoms with Crippen LogP contribution in [-0.2, 0) is 0 Å². The fraction of sp³-hybridized carbons (Fsp3) is 0.133. The Morgan fingerprint density at radius 3 is 2.48 bits per heavy atom. The number of halogens is 4. The molecular weight excluding hydrogens is 332 g/mol. The number of hydrogen-bond acceptors (Lipinski definition) is 2. The summed E-state index contributed by atoms with van der Waals surface area (Å²) in [6.45, 7) is 1.75. The van der Waals surface area contributed by atoms with Gasteiger partial charge in [0, 0.05) is 11.8 Å². The molecule has 0 fully saturated rings. The third kappa shape index (κ3) is 5.41. The topological polar surface area (TPSA) is 33.3 Å². The van der Waals surface area contributed by atoms with Crippen LogP contribution in [0.4, 0.5) is 28.9 Å². The maximum Gasteiger partial charge on any atom is 0.573 e. The lowest BCUT2D eigenvalue weighted by Crippen LogP contribution is -2.20. The number of ether oxygens (including phenoxy) is 1. The van der Waals surface area contributed by atoms with E-state index < -0.39 is 12.2 Å². The van der Waals surface area contributed by atoms with E-state index in [1.807, 2.05) is 0 Å². The van der Waals surface area contributed by atoms with Gasteiger partial charge in [0.1, 0.15) is 11.6 Å². The standard InChI is InChI=1S/C15H12F4N2OS/c1-9-5-6-13(12(16)7-9)21-14(23)20-10-3-2-4-11(8-10)22-15(17,18)19/h2-8H,1H3,(H2,20,21,23). The van der Waals surface area contributed by atoms with Gasteiger partial charge in [-0.2, -0.15) is 0 Å². The van der Waals surface area contributed by atoms with Gasteiger partial charge in [-0.05, 0) is 49.0 Å². The molecule has 0 spiro atoms. The molecule has 0 unspecified atom stereocenters. The fourth-order valence-electron chi connectivity index (χ4n) is 1.78. The minimum Gasteiger partial charge on any atom is -0.406 e. The van der Waals surface area contributed by atoms with Crippen molar-refractivity contribution in [3.63, 3.8) is 0 Å². The van der Waals surface area contributed by atoms with E-state index in [1.54, 1.807) is 13.0 Å². The van der Waals surface area contributed by atoms with Crippen LogP contribution in [0, 0.1) is 12.7 Å². The van der Waals surface area contributed by atoms with Crippen molar-refractivity contribution < 1.29 is 22.3 Å². The molecule has 0 bridgehead atoms. The third-order valence-corrected chi connectivity index (χ3v) is 2.90. The number of rotatable bonds is 3. The van der Waals surface area contributed by atoms with Gasteiger partial charge in [0.2, 0.25) is 0 Å². The van der Waals surface area contributed by atoms with Gasteiger partial charge in [0.15, 0.2) is 5.11 Å². The second-order valence-corrected chi connectivity index (χ2v) is 5.05. The molecule has 0 aliphatic carbocycles. The zero-order valence-corrected chi connectivity index (χ0v) is 12.7. The molecule has 0 aliphatic rings. The summed E-state index contributed by atoms with van der Waals surface area (Å²) >= 11 is 5.01. The molecule has 2 aromatic carbocycles. The summed E-state index contributed by atoms with van der Waals surface area (Å²) in [6.07, 6.45) is -4.78. The fourth-order valence-corrected chi connectivity index (χ4v) is 2.00. The zero-order valence-electron chi connectivity index (χ0n) is 11.9. The van der Waals surface area contributed by atoms with Crippen molar-refractivity contribution in [2.24, 2.45) is 0 Å². The van der Waals surface area contributed by atoms with Crippen molar-refractivity contribution >= 4 is 28.7 Å². The van der Waals surface area contributed by atoms with Gasteiger partial charge < -0.3 is 15.4 Å². The van der Waals surface area contributed by atoms with Gasteiger partial charge in [0.05, 0.1) is 5.69 Å². The average molecular weight is 344 g/mol. The summed E-state index contributed by atoms with van der Waals surface area (Å²) in [4.78, 5) is 0. The van der Waals surface area contributed by atoms with Crippen LogP contribution in [0.2, 0.25) is 0 Å². The molecule has 0 amide bonds. The van der Waals surface area contributed by atoms with E-state index in [2.05, 4.69) is 15.4 Å². The lowest BCUT2D eigenvalue weighted by atomic mass is 10.2. The molecule has 23 heavy (non-hydrogen) atoms. The van der Waals surface area contributed by atoms with Crippen molar-refractivity contribution in [2.45, 2.75) is 13.3 Å². The number of thiocarbonyl (C=S) groups is 1. The predicted molar refractivity (Wildman–Crippen MR) is 84.1 cm³/mol. The Labute approximate surface area is 135 Å². The minimum absolute atomic E-state index is 0.0388. The number of anilines is 2. The molecule has 2 rings (SSSR count). The molecule has 0 saturated carbocycles. The van der Waals surface area contributed by atoms with Gasteiger partial charge in [-0.1, -0.05) is 12.1 Å². The number of alkyl halides is 3. The molecule has 0 radical (unpaired) electrons. The number of aryl methyl sites for hydroxylation is 1. The first-order chi connectivity index (χ1) is 10.7. The first kappa shape index (κ1) is 17.0. The van der Waals surface area contributed by atoms with Gasteiger partial charge in [-0.15, -0.1) is 13.2 Å². The highest BCUT2D eigenvalue weighted by atomic mass is 32.1. The molecule has 3 nitrogen and oxygen atoms in total. The highest BCUT2D eigenvalue weighted by molar-refractivity contribution is 7.80. The molecule has 0 saturated heterocycles. The van der Waals surface area contributed by atoms with Crippen LogP contribution < -0.4 is 15.4 Å². The molecular formula is C15H12F4N2OS. The van der Waals surface area contributed by atoms with E-state index in [0.717, 1.165) is 17.7 Å². The molecule has 0 aliphatic heterocycles. The summed E-state index contributed by atoms with van der Waals surface area (Å²) in [6, 6.07) is 9.72. The van der Waals surface area contributed by atoms with Crippen molar-refractivity contribution in [1.82, 2.24) is 0 Å². The zero-order chi connectivity index (χ0) is 17.0. The van der Waals surface area contributed by atoms with E-state index in [4.69, 9.17) is 12.2 Å². The van der Waals surface area contributed by atoms with Crippen molar-refractivity contribution in [3.05, 3.63) is 53.8 Å². The molecule has 8 heteroatoms. The van der Waals surface area contributed by atoms with Gasteiger partial charge in [-0.3, -0.25) is 0 Å². The summed E-state index contributed by atoms with van der Waals surface area (Å²) in [7, 11) is 0. The maximum absolute atomic E-state index is 13.7. The van der Waals surface area contributed by atoms with E-state index >= 15 is 0 Å². The quantitative estimate of drug-likeness (QED) is 0.616. The number of hydrogen-bond donors (Lipinski definition) is 2. The minimum atomic E-state index is -4.78. The highest BCUT2D eigenvalue weighted by Gasteiger charge is 2.31. The summed E-state index contributed by atoms with van der Waals surface area (Å²) in [5.41, 5.74) is 1.19. The smallest absolute Gasteiger partial charge is 0.406 e. The van der Waals surface area contributed by atoms with Crippen LogP contribution >= 0.6 is 12.2 Å². The third-order valence-electron chi connectivity index (χ3n) is 2.70. The Bertz CT molecular complexity index is 719. The largest absolute Gasteiger partial charge is 0.573 e. The molecule has 0 atom stereocenters. The Balaban J connectivity index is 2.04. The monoisotopic (exact) mass is 344 g/mol. The predicted octanol–water partition coefficient (Wildman–Crippen LogP) is 4.84. The Morgan fingerprint density at radius 2 is 1.83 bits per heavy atom.